The maximum Gasteiger partial charge on any atom is 0.0369 e. The van der Waals surface area contributed by atoms with E-state index < -0.39 is 0 Å². The monoisotopic (exact) mass is 232 g/mol. The van der Waals surface area contributed by atoms with E-state index in [1.54, 1.807) is 0 Å². The summed E-state index contributed by atoms with van der Waals surface area (Å²) in [6, 6.07) is 9.28. The predicted molar refractivity (Wildman–Crippen MR) is 76.6 cm³/mol. The molecule has 0 amide bonds. The van der Waals surface area contributed by atoms with Crippen LogP contribution in [0.25, 0.3) is 0 Å². The van der Waals surface area contributed by atoms with Crippen molar-refractivity contribution in [2.75, 3.05) is 25.0 Å². The van der Waals surface area contributed by atoms with Gasteiger partial charge in [-0.15, -0.1) is 6.58 Å². The third-order valence-corrected chi connectivity index (χ3v) is 3.15. The van der Waals surface area contributed by atoms with Gasteiger partial charge in [0.15, 0.2) is 0 Å². The van der Waals surface area contributed by atoms with Gasteiger partial charge in [0.2, 0.25) is 0 Å². The summed E-state index contributed by atoms with van der Waals surface area (Å²) in [5.41, 5.74) is 2.62. The summed E-state index contributed by atoms with van der Waals surface area (Å²) in [6.07, 6.45) is 3.06. The quantitative estimate of drug-likeness (QED) is 0.725. The van der Waals surface area contributed by atoms with Crippen LogP contribution in [-0.4, -0.2) is 20.1 Å². The molecule has 1 aromatic rings. The maximum atomic E-state index is 3.79. The van der Waals surface area contributed by atoms with Crippen molar-refractivity contribution in [3.8, 4) is 0 Å². The van der Waals surface area contributed by atoms with Crippen molar-refractivity contribution < 1.29 is 0 Å². The SMILES string of the molecule is C=CCN(CC)c1ccc(C(CC)NC)cc1. The van der Waals surface area contributed by atoms with Crippen LogP contribution in [0.15, 0.2) is 36.9 Å². The number of hydrogen-bond acceptors (Lipinski definition) is 2. The van der Waals surface area contributed by atoms with Crippen molar-refractivity contribution in [3.63, 3.8) is 0 Å². The van der Waals surface area contributed by atoms with E-state index in [1.807, 2.05) is 13.1 Å². The molecule has 1 rings (SSSR count). The highest BCUT2D eigenvalue weighted by molar-refractivity contribution is 5.48. The molecule has 1 unspecified atom stereocenters. The minimum atomic E-state index is 0.457. The summed E-state index contributed by atoms with van der Waals surface area (Å²) in [5.74, 6) is 0. The smallest absolute Gasteiger partial charge is 0.0369 e. The van der Waals surface area contributed by atoms with Gasteiger partial charge in [0.25, 0.3) is 0 Å². The Morgan fingerprint density at radius 2 is 1.94 bits per heavy atom. The molecule has 0 aliphatic heterocycles. The Morgan fingerprint density at radius 1 is 1.29 bits per heavy atom. The maximum absolute atomic E-state index is 3.79. The number of hydrogen-bond donors (Lipinski definition) is 1. The molecular weight excluding hydrogens is 208 g/mol. The van der Waals surface area contributed by atoms with E-state index in [0.29, 0.717) is 6.04 Å². The van der Waals surface area contributed by atoms with E-state index in [4.69, 9.17) is 0 Å². The van der Waals surface area contributed by atoms with Gasteiger partial charge in [0.05, 0.1) is 0 Å². The third-order valence-electron chi connectivity index (χ3n) is 3.15. The van der Waals surface area contributed by atoms with Crippen LogP contribution in [-0.2, 0) is 0 Å². The first kappa shape index (κ1) is 13.8. The summed E-state index contributed by atoms with van der Waals surface area (Å²) < 4.78 is 0. The van der Waals surface area contributed by atoms with E-state index in [-0.39, 0.29) is 0 Å². The molecule has 1 atom stereocenters. The highest BCUT2D eigenvalue weighted by atomic mass is 15.1. The molecule has 0 heterocycles. The number of nitrogens with zero attached hydrogens (tertiary/aromatic N) is 1. The first-order chi connectivity index (χ1) is 8.26. The highest BCUT2D eigenvalue weighted by Crippen LogP contribution is 2.20. The topological polar surface area (TPSA) is 15.3 Å². The highest BCUT2D eigenvalue weighted by Gasteiger charge is 2.07. The standard InChI is InChI=1S/C15H24N2/c1-5-12-17(7-3)14-10-8-13(9-11-14)15(6-2)16-4/h5,8-11,15-16H,1,6-7,12H2,2-4H3. The second-order valence-corrected chi connectivity index (χ2v) is 4.17. The van der Waals surface area contributed by atoms with Crippen LogP contribution in [0.5, 0.6) is 0 Å². The first-order valence-corrected chi connectivity index (χ1v) is 6.39. The second-order valence-electron chi connectivity index (χ2n) is 4.17. The number of benzene rings is 1. The molecule has 1 aromatic carbocycles. The molecule has 2 nitrogen and oxygen atoms in total. The summed E-state index contributed by atoms with van der Waals surface area (Å²) >= 11 is 0. The fourth-order valence-corrected chi connectivity index (χ4v) is 2.10. The van der Waals surface area contributed by atoms with Crippen molar-refractivity contribution in [3.05, 3.63) is 42.5 Å². The lowest BCUT2D eigenvalue weighted by Crippen LogP contribution is -2.22. The molecule has 0 aromatic heterocycles. The Kier molecular flexibility index (Phi) is 5.78. The second kappa shape index (κ2) is 7.13. The molecule has 0 bridgehead atoms. The van der Waals surface area contributed by atoms with E-state index in [9.17, 15) is 0 Å². The van der Waals surface area contributed by atoms with E-state index in [0.717, 1.165) is 19.5 Å². The number of rotatable bonds is 7. The Morgan fingerprint density at radius 3 is 2.35 bits per heavy atom. The Labute approximate surface area is 105 Å². The van der Waals surface area contributed by atoms with Crippen LogP contribution in [0.1, 0.15) is 31.9 Å². The van der Waals surface area contributed by atoms with Gasteiger partial charge in [-0.05, 0) is 38.1 Å². The normalized spacial score (nSPS) is 12.2. The lowest BCUT2D eigenvalue weighted by atomic mass is 10.0. The molecule has 0 radical (unpaired) electrons. The minimum Gasteiger partial charge on any atom is -0.368 e. The van der Waals surface area contributed by atoms with Crippen LogP contribution >= 0.6 is 0 Å². The molecular formula is C15H24N2. The molecule has 0 aliphatic rings. The fraction of sp³-hybridized carbons (Fsp3) is 0.467. The lowest BCUT2D eigenvalue weighted by molar-refractivity contribution is 0.577. The third kappa shape index (κ3) is 3.60. The van der Waals surface area contributed by atoms with E-state index in [2.05, 4.69) is 54.9 Å². The number of nitrogens with one attached hydrogen (secondary N) is 1. The Hall–Kier alpha value is -1.28. The Bertz CT molecular complexity index is 325. The molecule has 0 saturated heterocycles. The van der Waals surface area contributed by atoms with Gasteiger partial charge in [-0.25, -0.2) is 0 Å². The number of anilines is 1. The summed E-state index contributed by atoms with van der Waals surface area (Å²) in [7, 11) is 2.01. The van der Waals surface area contributed by atoms with Crippen LogP contribution < -0.4 is 10.2 Å². The summed E-state index contributed by atoms with van der Waals surface area (Å²) in [6.45, 7) is 10.1. The van der Waals surface area contributed by atoms with Gasteiger partial charge in [0.1, 0.15) is 0 Å². The largest absolute Gasteiger partial charge is 0.368 e. The van der Waals surface area contributed by atoms with Crippen LogP contribution in [0.3, 0.4) is 0 Å². The molecule has 94 valence electrons. The molecule has 2 heteroatoms. The van der Waals surface area contributed by atoms with Gasteiger partial charge in [-0.1, -0.05) is 25.1 Å². The fourth-order valence-electron chi connectivity index (χ4n) is 2.10. The van der Waals surface area contributed by atoms with Crippen molar-refractivity contribution in [2.24, 2.45) is 0 Å². The van der Waals surface area contributed by atoms with E-state index >= 15 is 0 Å². The zero-order valence-electron chi connectivity index (χ0n) is 11.2. The number of likely N-dealkylation sites (N-methyl/N-ethyl adjacent to an activating group) is 1. The average Bonchev–Trinajstić information content (AvgIpc) is 2.38. The molecule has 0 spiro atoms. The minimum absolute atomic E-state index is 0.457. The van der Waals surface area contributed by atoms with Gasteiger partial charge < -0.3 is 10.2 Å². The van der Waals surface area contributed by atoms with Crippen LogP contribution in [0, 0.1) is 0 Å². The molecule has 17 heavy (non-hydrogen) atoms. The molecule has 0 fully saturated rings. The van der Waals surface area contributed by atoms with Gasteiger partial charge >= 0.3 is 0 Å². The van der Waals surface area contributed by atoms with Crippen molar-refractivity contribution in [2.45, 2.75) is 26.3 Å². The van der Waals surface area contributed by atoms with Gasteiger partial charge in [0, 0.05) is 24.8 Å². The molecule has 0 aliphatic carbocycles. The van der Waals surface area contributed by atoms with Crippen molar-refractivity contribution in [1.82, 2.24) is 5.32 Å². The van der Waals surface area contributed by atoms with Gasteiger partial charge in [-0.3, -0.25) is 0 Å². The molecule has 0 saturated carbocycles. The summed E-state index contributed by atoms with van der Waals surface area (Å²) in [5, 5.41) is 3.33. The zero-order valence-corrected chi connectivity index (χ0v) is 11.2. The Balaban J connectivity index is 2.82. The average molecular weight is 232 g/mol. The van der Waals surface area contributed by atoms with E-state index in [1.165, 1.54) is 11.3 Å². The van der Waals surface area contributed by atoms with Crippen LogP contribution in [0.2, 0.25) is 0 Å². The first-order valence-electron chi connectivity index (χ1n) is 6.39. The van der Waals surface area contributed by atoms with Crippen molar-refractivity contribution >= 4 is 5.69 Å². The zero-order chi connectivity index (χ0) is 12.7. The predicted octanol–water partition coefficient (Wildman–Crippen LogP) is 3.37. The lowest BCUT2D eigenvalue weighted by Gasteiger charge is -2.22. The van der Waals surface area contributed by atoms with Crippen LogP contribution in [0.4, 0.5) is 5.69 Å². The molecule has 1 N–H and O–H groups in total. The van der Waals surface area contributed by atoms with Crippen molar-refractivity contribution in [1.29, 1.82) is 0 Å². The summed E-state index contributed by atoms with van der Waals surface area (Å²) in [4.78, 5) is 2.30. The van der Waals surface area contributed by atoms with Gasteiger partial charge in [-0.2, -0.15) is 0 Å².